The molecule has 6 nitrogen and oxygen atoms in total. The molecule has 2 rings (SSSR count). The van der Waals surface area contributed by atoms with Crippen LogP contribution in [0.5, 0.6) is 0 Å². The monoisotopic (exact) mass is 303 g/mol. The van der Waals surface area contributed by atoms with Gasteiger partial charge in [-0.3, -0.25) is 4.57 Å². The molecule has 0 bridgehead atoms. The Morgan fingerprint density at radius 3 is 2.50 bits per heavy atom. The summed E-state index contributed by atoms with van der Waals surface area (Å²) in [6, 6.07) is 0. The van der Waals surface area contributed by atoms with Gasteiger partial charge in [0, 0.05) is 5.92 Å². The van der Waals surface area contributed by atoms with Gasteiger partial charge in [0.2, 0.25) is 0 Å². The molecule has 0 aromatic carbocycles. The first kappa shape index (κ1) is 15.7. The number of carbonyl (C=O) groups excluding carboxylic acids is 1. The van der Waals surface area contributed by atoms with Gasteiger partial charge < -0.3 is 13.9 Å². The molecule has 1 aliphatic heterocycles. The Morgan fingerprint density at radius 1 is 1.30 bits per heavy atom. The molecule has 114 valence electrons. The molecule has 0 radical (unpaired) electrons. The summed E-state index contributed by atoms with van der Waals surface area (Å²) in [5.74, 6) is -0.134. The fourth-order valence-electron chi connectivity index (χ4n) is 2.40. The Hall–Kier alpha value is -0.710. The number of nitrogens with zero attached hydrogens (tertiary/aromatic N) is 1. The van der Waals surface area contributed by atoms with Crippen molar-refractivity contribution in [3.05, 3.63) is 0 Å². The van der Waals surface area contributed by atoms with Crippen LogP contribution < -0.4 is 0 Å². The molecule has 1 atom stereocenters. The molecule has 0 saturated heterocycles. The van der Waals surface area contributed by atoms with E-state index in [0.29, 0.717) is 38.1 Å². The van der Waals surface area contributed by atoms with Crippen LogP contribution in [0, 0.1) is 11.8 Å². The maximum atomic E-state index is 12.3. The quantitative estimate of drug-likeness (QED) is 0.483. The molecule has 1 heterocycles. The lowest BCUT2D eigenvalue weighted by molar-refractivity contribution is -0.143. The topological polar surface area (TPSA) is 74.2 Å². The Kier molecular flexibility index (Phi) is 5.35. The highest BCUT2D eigenvalue weighted by atomic mass is 31.2. The van der Waals surface area contributed by atoms with Crippen LogP contribution in [0.4, 0.5) is 0 Å². The molecule has 20 heavy (non-hydrogen) atoms. The van der Waals surface area contributed by atoms with E-state index >= 15 is 0 Å². The van der Waals surface area contributed by atoms with Crippen LogP contribution in [0.15, 0.2) is 5.16 Å². The van der Waals surface area contributed by atoms with Crippen LogP contribution in [0.3, 0.4) is 0 Å². The molecular formula is C13H22NO5P. The van der Waals surface area contributed by atoms with Gasteiger partial charge in [-0.25, -0.2) is 4.79 Å². The average Bonchev–Trinajstić information content (AvgIpc) is 3.16. The Balaban J connectivity index is 1.83. The molecule has 1 unspecified atom stereocenters. The van der Waals surface area contributed by atoms with Crippen LogP contribution in [0.1, 0.15) is 39.5 Å². The summed E-state index contributed by atoms with van der Waals surface area (Å²) < 4.78 is 22.8. The molecule has 0 amide bonds. The normalized spacial score (nSPS) is 22.8. The lowest BCUT2D eigenvalue weighted by Gasteiger charge is -2.17. The minimum Gasteiger partial charge on any atom is -0.318 e. The zero-order chi connectivity index (χ0) is 14.6. The fraction of sp³-hybridized carbons (Fsp3) is 0.846. The third-order valence-corrected chi connectivity index (χ3v) is 5.62. The summed E-state index contributed by atoms with van der Waals surface area (Å²) in [5, 5.41) is 3.88. The molecule has 2 aliphatic rings. The molecule has 7 heteroatoms. The molecule has 1 aliphatic carbocycles. The van der Waals surface area contributed by atoms with E-state index in [1.165, 1.54) is 0 Å². The second-order valence-corrected chi connectivity index (χ2v) is 7.25. The molecule has 1 saturated carbocycles. The van der Waals surface area contributed by atoms with Crippen molar-refractivity contribution < 1.29 is 23.2 Å². The molecular weight excluding hydrogens is 281 g/mol. The van der Waals surface area contributed by atoms with Crippen molar-refractivity contribution in [3.8, 4) is 0 Å². The van der Waals surface area contributed by atoms with E-state index in [-0.39, 0.29) is 11.9 Å². The van der Waals surface area contributed by atoms with Gasteiger partial charge >= 0.3 is 13.6 Å². The van der Waals surface area contributed by atoms with E-state index < -0.39 is 7.60 Å². The van der Waals surface area contributed by atoms with Crippen LogP contribution in [0.25, 0.3) is 0 Å². The Bertz CT molecular complexity index is 422. The van der Waals surface area contributed by atoms with Crippen LogP contribution in [-0.2, 0) is 23.2 Å². The standard InChI is InChI=1S/C13H22NO5P/c1-3-17-20(16,18-4-2)9-5-6-11-12(10-7-8-10)14-19-13(11)15/h10-11H,3-9H2,1-2H3. The van der Waals surface area contributed by atoms with Crippen molar-refractivity contribution in [1.82, 2.24) is 0 Å². The molecule has 0 aromatic heterocycles. The zero-order valence-corrected chi connectivity index (χ0v) is 12.9. The minimum absolute atomic E-state index is 0.265. The van der Waals surface area contributed by atoms with Gasteiger partial charge in [0.15, 0.2) is 0 Å². The number of hydrogen-bond donors (Lipinski definition) is 0. The van der Waals surface area contributed by atoms with Crippen molar-refractivity contribution in [3.63, 3.8) is 0 Å². The summed E-state index contributed by atoms with van der Waals surface area (Å²) in [5.41, 5.74) is 0.873. The molecule has 0 N–H and O–H groups in total. The lowest BCUT2D eigenvalue weighted by atomic mass is 9.96. The smallest absolute Gasteiger partial charge is 0.318 e. The van der Waals surface area contributed by atoms with Gasteiger partial charge in [0.25, 0.3) is 0 Å². The third-order valence-electron chi connectivity index (χ3n) is 3.45. The summed E-state index contributed by atoms with van der Waals surface area (Å²) in [6.45, 7) is 4.30. The van der Waals surface area contributed by atoms with E-state index in [2.05, 4.69) is 5.16 Å². The highest BCUT2D eigenvalue weighted by Gasteiger charge is 2.41. The van der Waals surface area contributed by atoms with Crippen molar-refractivity contribution in [1.29, 1.82) is 0 Å². The largest absolute Gasteiger partial charge is 0.343 e. The SMILES string of the molecule is CCOP(=O)(CCCC1C(=O)ON=C1C1CC1)OCC. The maximum Gasteiger partial charge on any atom is 0.343 e. The first-order valence-corrected chi connectivity index (χ1v) is 8.99. The summed E-state index contributed by atoms with van der Waals surface area (Å²) in [7, 11) is -3.02. The van der Waals surface area contributed by atoms with E-state index in [9.17, 15) is 9.36 Å². The van der Waals surface area contributed by atoms with Crippen molar-refractivity contribution in [2.24, 2.45) is 17.0 Å². The van der Waals surface area contributed by atoms with Gasteiger partial charge in [0.05, 0.1) is 25.1 Å². The summed E-state index contributed by atoms with van der Waals surface area (Å²) in [6.07, 6.45) is 3.70. The zero-order valence-electron chi connectivity index (χ0n) is 12.0. The fourth-order valence-corrected chi connectivity index (χ4v) is 4.09. The lowest BCUT2D eigenvalue weighted by Crippen LogP contribution is -2.20. The van der Waals surface area contributed by atoms with E-state index in [0.717, 1.165) is 18.6 Å². The average molecular weight is 303 g/mol. The van der Waals surface area contributed by atoms with E-state index in [4.69, 9.17) is 13.9 Å². The Morgan fingerprint density at radius 2 is 1.95 bits per heavy atom. The number of hydrogen-bond acceptors (Lipinski definition) is 6. The summed E-state index contributed by atoms with van der Waals surface area (Å²) >= 11 is 0. The van der Waals surface area contributed by atoms with Crippen molar-refractivity contribution in [2.75, 3.05) is 19.4 Å². The molecule has 1 fully saturated rings. The number of oxime groups is 1. The van der Waals surface area contributed by atoms with Crippen LogP contribution >= 0.6 is 7.60 Å². The molecule has 0 spiro atoms. The highest BCUT2D eigenvalue weighted by molar-refractivity contribution is 7.53. The van der Waals surface area contributed by atoms with E-state index in [1.54, 1.807) is 13.8 Å². The van der Waals surface area contributed by atoms with Gasteiger partial charge in [-0.2, -0.15) is 0 Å². The third kappa shape index (κ3) is 3.90. The Labute approximate surface area is 119 Å². The molecule has 0 aromatic rings. The highest BCUT2D eigenvalue weighted by Crippen LogP contribution is 2.49. The predicted molar refractivity (Wildman–Crippen MR) is 74.7 cm³/mol. The minimum atomic E-state index is -3.02. The van der Waals surface area contributed by atoms with Gasteiger partial charge in [-0.05, 0) is 39.5 Å². The summed E-state index contributed by atoms with van der Waals surface area (Å²) in [4.78, 5) is 16.4. The second-order valence-electron chi connectivity index (χ2n) is 5.07. The van der Waals surface area contributed by atoms with Gasteiger partial charge in [-0.15, -0.1) is 0 Å². The van der Waals surface area contributed by atoms with Gasteiger partial charge in [0.1, 0.15) is 5.92 Å². The first-order valence-electron chi connectivity index (χ1n) is 7.26. The number of rotatable bonds is 9. The van der Waals surface area contributed by atoms with Crippen molar-refractivity contribution in [2.45, 2.75) is 39.5 Å². The first-order chi connectivity index (χ1) is 9.59. The number of carbonyl (C=O) groups is 1. The van der Waals surface area contributed by atoms with Gasteiger partial charge in [-0.1, -0.05) is 5.16 Å². The maximum absolute atomic E-state index is 12.3. The second kappa shape index (κ2) is 6.83. The van der Waals surface area contributed by atoms with E-state index in [1.807, 2.05) is 0 Å². The van der Waals surface area contributed by atoms with Crippen LogP contribution in [-0.4, -0.2) is 31.1 Å². The predicted octanol–water partition coefficient (Wildman–Crippen LogP) is 2.97. The van der Waals surface area contributed by atoms with Crippen molar-refractivity contribution >= 4 is 19.3 Å². The van der Waals surface area contributed by atoms with Crippen LogP contribution in [0.2, 0.25) is 0 Å².